The number of hydrogen-bond acceptors (Lipinski definition) is 2. The van der Waals surface area contributed by atoms with Crippen molar-refractivity contribution >= 4 is 17.3 Å². The van der Waals surface area contributed by atoms with Gasteiger partial charge in [-0.3, -0.25) is 0 Å². The number of hydrogen-bond donors (Lipinski definition) is 1. The molecular formula is C8H8ClF2NO. The van der Waals surface area contributed by atoms with Crippen molar-refractivity contribution in [2.45, 2.75) is 6.43 Å². The molecule has 0 heterocycles. The second-order valence-corrected chi connectivity index (χ2v) is 2.76. The lowest BCUT2D eigenvalue weighted by atomic mass is 10.3. The van der Waals surface area contributed by atoms with E-state index < -0.39 is 13.0 Å². The minimum atomic E-state index is -2.52. The average molecular weight is 208 g/mol. The highest BCUT2D eigenvalue weighted by molar-refractivity contribution is 6.33. The molecule has 0 saturated heterocycles. The summed E-state index contributed by atoms with van der Waals surface area (Å²) >= 11 is 5.64. The van der Waals surface area contributed by atoms with Crippen LogP contribution in [0.2, 0.25) is 5.02 Å². The predicted molar refractivity (Wildman–Crippen MR) is 47.4 cm³/mol. The number of alkyl halides is 2. The van der Waals surface area contributed by atoms with Gasteiger partial charge in [0.25, 0.3) is 6.43 Å². The number of nitrogens with two attached hydrogens (primary N) is 1. The fourth-order valence-corrected chi connectivity index (χ4v) is 0.962. The first-order valence-corrected chi connectivity index (χ1v) is 3.94. The van der Waals surface area contributed by atoms with Gasteiger partial charge in [-0.1, -0.05) is 17.7 Å². The number of ether oxygens (including phenoxy) is 1. The van der Waals surface area contributed by atoms with Crippen molar-refractivity contribution in [1.29, 1.82) is 0 Å². The standard InChI is InChI=1S/C8H8ClF2NO/c9-5-2-1-3-6(8(5)12)13-4-7(10)11/h1-3,7H,4,12H2. The highest BCUT2D eigenvalue weighted by atomic mass is 35.5. The second-order valence-electron chi connectivity index (χ2n) is 2.35. The fourth-order valence-electron chi connectivity index (χ4n) is 0.796. The molecule has 0 saturated carbocycles. The third-order valence-corrected chi connectivity index (χ3v) is 1.71. The summed E-state index contributed by atoms with van der Waals surface area (Å²) in [5.74, 6) is 0.188. The Morgan fingerprint density at radius 2 is 2.15 bits per heavy atom. The molecule has 72 valence electrons. The highest BCUT2D eigenvalue weighted by Gasteiger charge is 2.07. The molecule has 13 heavy (non-hydrogen) atoms. The van der Waals surface area contributed by atoms with E-state index in [1.54, 1.807) is 12.1 Å². The van der Waals surface area contributed by atoms with Gasteiger partial charge in [0.15, 0.2) is 0 Å². The van der Waals surface area contributed by atoms with Gasteiger partial charge in [0, 0.05) is 0 Å². The first-order valence-electron chi connectivity index (χ1n) is 3.56. The summed E-state index contributed by atoms with van der Waals surface area (Å²) in [6.45, 7) is -0.676. The van der Waals surface area contributed by atoms with E-state index in [9.17, 15) is 8.78 Å². The smallest absolute Gasteiger partial charge is 0.272 e. The molecule has 2 nitrogen and oxygen atoms in total. The summed E-state index contributed by atoms with van der Waals surface area (Å²) in [6, 6.07) is 4.63. The van der Waals surface area contributed by atoms with E-state index in [1.165, 1.54) is 6.07 Å². The lowest BCUT2D eigenvalue weighted by Crippen LogP contribution is -2.08. The van der Waals surface area contributed by atoms with Gasteiger partial charge in [-0.25, -0.2) is 8.78 Å². The first-order chi connectivity index (χ1) is 6.11. The lowest BCUT2D eigenvalue weighted by molar-refractivity contribution is 0.0823. The minimum Gasteiger partial charge on any atom is -0.485 e. The Bertz CT molecular complexity index is 293. The number of rotatable bonds is 3. The van der Waals surface area contributed by atoms with Gasteiger partial charge in [0.05, 0.1) is 10.7 Å². The molecule has 1 aromatic rings. The van der Waals surface area contributed by atoms with Crippen molar-refractivity contribution in [3.63, 3.8) is 0 Å². The van der Waals surface area contributed by atoms with Crippen LogP contribution in [0.5, 0.6) is 5.75 Å². The van der Waals surface area contributed by atoms with Crippen molar-refractivity contribution in [2.24, 2.45) is 0 Å². The zero-order valence-corrected chi connectivity index (χ0v) is 7.39. The van der Waals surface area contributed by atoms with Crippen LogP contribution in [0.4, 0.5) is 14.5 Å². The molecule has 0 bridgehead atoms. The van der Waals surface area contributed by atoms with E-state index in [1.807, 2.05) is 0 Å². The van der Waals surface area contributed by atoms with E-state index in [-0.39, 0.29) is 11.4 Å². The summed E-state index contributed by atoms with van der Waals surface area (Å²) in [5, 5.41) is 0.298. The Morgan fingerprint density at radius 3 is 2.77 bits per heavy atom. The van der Waals surface area contributed by atoms with Crippen LogP contribution < -0.4 is 10.5 Å². The van der Waals surface area contributed by atoms with Crippen LogP contribution in [0.1, 0.15) is 0 Å². The summed E-state index contributed by atoms with van der Waals surface area (Å²) in [5.41, 5.74) is 5.65. The van der Waals surface area contributed by atoms with Crippen LogP contribution >= 0.6 is 11.6 Å². The van der Waals surface area contributed by atoms with E-state index in [0.717, 1.165) is 0 Å². The normalized spacial score (nSPS) is 10.5. The van der Waals surface area contributed by atoms with Crippen molar-refractivity contribution in [1.82, 2.24) is 0 Å². The Labute approximate surface area is 79.2 Å². The lowest BCUT2D eigenvalue weighted by Gasteiger charge is -2.08. The van der Waals surface area contributed by atoms with Gasteiger partial charge < -0.3 is 10.5 Å². The van der Waals surface area contributed by atoms with Crippen LogP contribution in [0.3, 0.4) is 0 Å². The summed E-state index contributed by atoms with van der Waals surface area (Å²) in [4.78, 5) is 0. The number of para-hydroxylation sites is 1. The Kier molecular flexibility index (Phi) is 3.31. The van der Waals surface area contributed by atoms with Crippen LogP contribution in [-0.4, -0.2) is 13.0 Å². The molecule has 0 amide bonds. The Balaban J connectivity index is 2.71. The van der Waals surface area contributed by atoms with E-state index in [0.29, 0.717) is 5.02 Å². The largest absolute Gasteiger partial charge is 0.485 e. The molecule has 0 spiro atoms. The van der Waals surface area contributed by atoms with Crippen LogP contribution in [0.25, 0.3) is 0 Å². The molecule has 1 aromatic carbocycles. The van der Waals surface area contributed by atoms with Crippen LogP contribution in [0, 0.1) is 0 Å². The van der Waals surface area contributed by atoms with Crippen molar-refractivity contribution in [3.8, 4) is 5.75 Å². The molecule has 0 aliphatic heterocycles. The topological polar surface area (TPSA) is 35.2 Å². The predicted octanol–water partition coefficient (Wildman–Crippen LogP) is 2.57. The molecule has 0 fully saturated rings. The second kappa shape index (κ2) is 4.28. The Hall–Kier alpha value is -1.03. The molecule has 0 unspecified atom stereocenters. The van der Waals surface area contributed by atoms with Crippen molar-refractivity contribution in [3.05, 3.63) is 23.2 Å². The summed E-state index contributed by atoms with van der Waals surface area (Å²) in [7, 11) is 0. The minimum absolute atomic E-state index is 0.185. The monoisotopic (exact) mass is 207 g/mol. The molecule has 0 aromatic heterocycles. The average Bonchev–Trinajstić information content (AvgIpc) is 2.07. The number of anilines is 1. The molecule has 0 aliphatic carbocycles. The maximum Gasteiger partial charge on any atom is 0.272 e. The maximum atomic E-state index is 11.8. The summed E-state index contributed by atoms with van der Waals surface area (Å²) in [6.07, 6.45) is -2.52. The first kappa shape index (κ1) is 10.1. The molecule has 1 rings (SSSR count). The fraction of sp³-hybridized carbons (Fsp3) is 0.250. The van der Waals surface area contributed by atoms with Gasteiger partial charge in [-0.15, -0.1) is 0 Å². The van der Waals surface area contributed by atoms with E-state index in [4.69, 9.17) is 22.1 Å². The van der Waals surface area contributed by atoms with Crippen molar-refractivity contribution < 1.29 is 13.5 Å². The molecule has 0 aliphatic rings. The third-order valence-electron chi connectivity index (χ3n) is 1.38. The van der Waals surface area contributed by atoms with Gasteiger partial charge in [-0.2, -0.15) is 0 Å². The van der Waals surface area contributed by atoms with Crippen molar-refractivity contribution in [2.75, 3.05) is 12.3 Å². The number of halogens is 3. The molecule has 0 radical (unpaired) electrons. The molecule has 2 N–H and O–H groups in total. The van der Waals surface area contributed by atoms with E-state index in [2.05, 4.69) is 0 Å². The van der Waals surface area contributed by atoms with Gasteiger partial charge in [0.1, 0.15) is 12.4 Å². The summed E-state index contributed by atoms with van der Waals surface area (Å²) < 4.78 is 28.2. The number of nitrogen functional groups attached to an aromatic ring is 1. The Morgan fingerprint density at radius 1 is 1.46 bits per heavy atom. The van der Waals surface area contributed by atoms with Gasteiger partial charge in [-0.05, 0) is 12.1 Å². The zero-order chi connectivity index (χ0) is 9.84. The van der Waals surface area contributed by atoms with Gasteiger partial charge in [0.2, 0.25) is 0 Å². The molecule has 0 atom stereocenters. The SMILES string of the molecule is Nc1c(Cl)cccc1OCC(F)F. The van der Waals surface area contributed by atoms with E-state index >= 15 is 0 Å². The van der Waals surface area contributed by atoms with Crippen LogP contribution in [-0.2, 0) is 0 Å². The maximum absolute atomic E-state index is 11.8. The van der Waals surface area contributed by atoms with Crippen LogP contribution in [0.15, 0.2) is 18.2 Å². The third kappa shape index (κ3) is 2.73. The quantitative estimate of drug-likeness (QED) is 0.774. The molecule has 5 heteroatoms. The highest BCUT2D eigenvalue weighted by Crippen LogP contribution is 2.28. The molecular weight excluding hydrogens is 200 g/mol. The zero-order valence-electron chi connectivity index (χ0n) is 6.64. The number of benzene rings is 1. The van der Waals surface area contributed by atoms with Gasteiger partial charge >= 0.3 is 0 Å².